The number of phenols is 1. The Bertz CT molecular complexity index is 510. The van der Waals surface area contributed by atoms with Gasteiger partial charge in [0, 0.05) is 31.7 Å². The van der Waals surface area contributed by atoms with Crippen molar-refractivity contribution in [2.75, 3.05) is 33.9 Å². The number of hydrogen-bond donors (Lipinski definition) is 1. The SMILES string of the molecule is COc1cc(CN2CCN3CCC[C@H]3[C@H]2C)cc(OC)c1O. The molecule has 3 rings (SSSR count). The molecule has 0 radical (unpaired) electrons. The number of aromatic hydroxyl groups is 1. The lowest BCUT2D eigenvalue weighted by Gasteiger charge is -2.43. The molecule has 0 unspecified atom stereocenters. The lowest BCUT2D eigenvalue weighted by molar-refractivity contribution is 0.0469. The van der Waals surface area contributed by atoms with Crippen LogP contribution in [-0.4, -0.2) is 60.8 Å². The molecular formula is C17H26N2O3. The van der Waals surface area contributed by atoms with E-state index in [9.17, 15) is 5.11 Å². The van der Waals surface area contributed by atoms with Gasteiger partial charge >= 0.3 is 0 Å². The van der Waals surface area contributed by atoms with Crippen LogP contribution in [0.5, 0.6) is 17.2 Å². The maximum absolute atomic E-state index is 10.0. The van der Waals surface area contributed by atoms with Gasteiger partial charge in [0.15, 0.2) is 11.5 Å². The van der Waals surface area contributed by atoms with Crippen LogP contribution in [0.25, 0.3) is 0 Å². The fourth-order valence-electron chi connectivity index (χ4n) is 3.88. The first-order valence-corrected chi connectivity index (χ1v) is 8.06. The van der Waals surface area contributed by atoms with Crippen molar-refractivity contribution in [3.8, 4) is 17.2 Å². The van der Waals surface area contributed by atoms with Gasteiger partial charge < -0.3 is 14.6 Å². The summed E-state index contributed by atoms with van der Waals surface area (Å²) in [7, 11) is 3.14. The number of hydrogen-bond acceptors (Lipinski definition) is 5. The first-order valence-electron chi connectivity index (χ1n) is 8.06. The highest BCUT2D eigenvalue weighted by molar-refractivity contribution is 5.52. The number of methoxy groups -OCH3 is 2. The monoisotopic (exact) mass is 306 g/mol. The van der Waals surface area contributed by atoms with Crippen LogP contribution in [0.3, 0.4) is 0 Å². The number of piperazine rings is 1. The molecule has 2 aliphatic heterocycles. The zero-order chi connectivity index (χ0) is 15.7. The van der Waals surface area contributed by atoms with E-state index in [2.05, 4.69) is 16.7 Å². The third kappa shape index (κ3) is 2.75. The summed E-state index contributed by atoms with van der Waals surface area (Å²) >= 11 is 0. The van der Waals surface area contributed by atoms with E-state index in [1.54, 1.807) is 14.2 Å². The average Bonchev–Trinajstić information content (AvgIpc) is 3.01. The first-order chi connectivity index (χ1) is 10.6. The molecule has 2 atom stereocenters. The van der Waals surface area contributed by atoms with Crippen LogP contribution < -0.4 is 9.47 Å². The van der Waals surface area contributed by atoms with E-state index < -0.39 is 0 Å². The van der Waals surface area contributed by atoms with E-state index >= 15 is 0 Å². The molecule has 5 nitrogen and oxygen atoms in total. The van der Waals surface area contributed by atoms with Gasteiger partial charge in [0.2, 0.25) is 5.75 Å². The Labute approximate surface area is 132 Å². The van der Waals surface area contributed by atoms with Gasteiger partial charge in [0.25, 0.3) is 0 Å². The molecule has 0 saturated carbocycles. The van der Waals surface area contributed by atoms with Crippen molar-refractivity contribution >= 4 is 0 Å². The van der Waals surface area contributed by atoms with E-state index in [1.165, 1.54) is 19.4 Å². The Kier molecular flexibility index (Phi) is 4.45. The van der Waals surface area contributed by atoms with Crippen LogP contribution in [-0.2, 0) is 6.54 Å². The lowest BCUT2D eigenvalue weighted by Crippen LogP contribution is -2.55. The Morgan fingerprint density at radius 1 is 1.14 bits per heavy atom. The quantitative estimate of drug-likeness (QED) is 0.923. The third-order valence-electron chi connectivity index (χ3n) is 5.15. The molecule has 0 bridgehead atoms. The highest BCUT2D eigenvalue weighted by Crippen LogP contribution is 2.38. The highest BCUT2D eigenvalue weighted by Gasteiger charge is 2.36. The summed E-state index contributed by atoms with van der Waals surface area (Å²) in [6, 6.07) is 5.06. The average molecular weight is 306 g/mol. The fourth-order valence-corrected chi connectivity index (χ4v) is 3.88. The molecule has 22 heavy (non-hydrogen) atoms. The van der Waals surface area contributed by atoms with E-state index in [0.29, 0.717) is 23.6 Å². The van der Waals surface area contributed by atoms with Crippen molar-refractivity contribution in [2.45, 2.75) is 38.4 Å². The van der Waals surface area contributed by atoms with Gasteiger partial charge in [-0.1, -0.05) is 0 Å². The van der Waals surface area contributed by atoms with Crippen LogP contribution in [0.15, 0.2) is 12.1 Å². The molecule has 1 N–H and O–H groups in total. The Morgan fingerprint density at radius 2 is 1.82 bits per heavy atom. The second-order valence-electron chi connectivity index (χ2n) is 6.31. The number of ether oxygens (including phenoxy) is 2. The number of phenolic OH excluding ortho intramolecular Hbond substituents is 1. The summed E-state index contributed by atoms with van der Waals surface area (Å²) in [5.41, 5.74) is 1.12. The molecular weight excluding hydrogens is 280 g/mol. The highest BCUT2D eigenvalue weighted by atomic mass is 16.5. The number of rotatable bonds is 4. The standard InChI is InChI=1S/C17H26N2O3/c1-12-14-5-4-6-18(14)7-8-19(12)11-13-9-15(21-2)17(20)16(10-13)22-3/h9-10,12,14,20H,4-8,11H2,1-3H3/t12-,14+/m1/s1. The van der Waals surface area contributed by atoms with Crippen molar-refractivity contribution in [1.82, 2.24) is 9.80 Å². The van der Waals surface area contributed by atoms with Gasteiger partial charge in [-0.3, -0.25) is 9.80 Å². The molecule has 2 aliphatic rings. The molecule has 0 spiro atoms. The van der Waals surface area contributed by atoms with Crippen LogP contribution >= 0.6 is 0 Å². The minimum absolute atomic E-state index is 0.0717. The molecule has 2 fully saturated rings. The van der Waals surface area contributed by atoms with Crippen molar-refractivity contribution in [1.29, 1.82) is 0 Å². The molecule has 0 aliphatic carbocycles. The molecule has 5 heteroatoms. The van der Waals surface area contributed by atoms with Crippen LogP contribution in [0.1, 0.15) is 25.3 Å². The van der Waals surface area contributed by atoms with Crippen molar-refractivity contribution in [3.05, 3.63) is 17.7 Å². The summed E-state index contributed by atoms with van der Waals surface area (Å²) in [6.45, 7) is 6.68. The van der Waals surface area contributed by atoms with Gasteiger partial charge in [-0.25, -0.2) is 0 Å². The van der Waals surface area contributed by atoms with E-state index in [1.807, 2.05) is 12.1 Å². The summed E-state index contributed by atoms with van der Waals surface area (Å²) in [5, 5.41) is 10.0. The normalized spacial score (nSPS) is 26.0. The molecule has 0 amide bonds. The molecule has 122 valence electrons. The zero-order valence-electron chi connectivity index (χ0n) is 13.7. The Balaban J connectivity index is 1.78. The number of benzene rings is 1. The van der Waals surface area contributed by atoms with Gasteiger partial charge in [-0.2, -0.15) is 0 Å². The Morgan fingerprint density at radius 3 is 2.45 bits per heavy atom. The van der Waals surface area contributed by atoms with Gasteiger partial charge in [0.1, 0.15) is 0 Å². The van der Waals surface area contributed by atoms with Crippen molar-refractivity contribution in [3.63, 3.8) is 0 Å². The second kappa shape index (κ2) is 6.34. The molecule has 1 aromatic rings. The van der Waals surface area contributed by atoms with Crippen LogP contribution in [0.2, 0.25) is 0 Å². The third-order valence-corrected chi connectivity index (χ3v) is 5.15. The summed E-state index contributed by atoms with van der Waals surface area (Å²) in [4.78, 5) is 5.15. The van der Waals surface area contributed by atoms with Gasteiger partial charge in [0.05, 0.1) is 14.2 Å². The fraction of sp³-hybridized carbons (Fsp3) is 0.647. The topological polar surface area (TPSA) is 45.2 Å². The summed E-state index contributed by atoms with van der Waals surface area (Å²) in [5.74, 6) is 1.02. The summed E-state index contributed by atoms with van der Waals surface area (Å²) in [6.07, 6.45) is 2.63. The van der Waals surface area contributed by atoms with Crippen molar-refractivity contribution < 1.29 is 14.6 Å². The predicted octanol–water partition coefficient (Wildman–Crippen LogP) is 2.08. The van der Waals surface area contributed by atoms with E-state index in [-0.39, 0.29) is 5.75 Å². The molecule has 2 saturated heterocycles. The molecule has 2 heterocycles. The first kappa shape index (κ1) is 15.4. The van der Waals surface area contributed by atoms with E-state index in [4.69, 9.17) is 9.47 Å². The molecule has 0 aromatic heterocycles. The molecule has 1 aromatic carbocycles. The minimum atomic E-state index is 0.0717. The maximum atomic E-state index is 10.0. The largest absolute Gasteiger partial charge is 0.502 e. The van der Waals surface area contributed by atoms with Crippen molar-refractivity contribution in [2.24, 2.45) is 0 Å². The lowest BCUT2D eigenvalue weighted by atomic mass is 10.0. The predicted molar refractivity (Wildman–Crippen MR) is 85.7 cm³/mol. The summed E-state index contributed by atoms with van der Waals surface area (Å²) < 4.78 is 10.5. The van der Waals surface area contributed by atoms with Crippen LogP contribution in [0.4, 0.5) is 0 Å². The smallest absolute Gasteiger partial charge is 0.200 e. The Hall–Kier alpha value is -1.46. The number of fused-ring (bicyclic) bond motifs is 1. The maximum Gasteiger partial charge on any atom is 0.200 e. The minimum Gasteiger partial charge on any atom is -0.502 e. The number of nitrogens with zero attached hydrogens (tertiary/aromatic N) is 2. The van der Waals surface area contributed by atoms with Crippen LogP contribution in [0, 0.1) is 0 Å². The van der Waals surface area contributed by atoms with Gasteiger partial charge in [-0.05, 0) is 44.0 Å². The zero-order valence-corrected chi connectivity index (χ0v) is 13.7. The van der Waals surface area contributed by atoms with E-state index in [0.717, 1.165) is 25.2 Å². The second-order valence-corrected chi connectivity index (χ2v) is 6.31. The van der Waals surface area contributed by atoms with Gasteiger partial charge in [-0.15, -0.1) is 0 Å².